The lowest BCUT2D eigenvalue weighted by Crippen LogP contribution is -2.03. The number of nitriles is 1. The number of ether oxygens (including phenoxy) is 1. The number of nitrogens with zero attached hydrogens (tertiary/aromatic N) is 2. The molecule has 6 nitrogen and oxygen atoms in total. The molecule has 0 N–H and O–H groups in total. The van der Waals surface area contributed by atoms with Crippen molar-refractivity contribution in [3.63, 3.8) is 0 Å². The van der Waals surface area contributed by atoms with Crippen LogP contribution in [0.3, 0.4) is 0 Å². The average molecular weight is 453 g/mol. The molecule has 0 saturated heterocycles. The van der Waals surface area contributed by atoms with Crippen molar-refractivity contribution in [2.24, 2.45) is 0 Å². The summed E-state index contributed by atoms with van der Waals surface area (Å²) in [6.45, 7) is 0.154. The summed E-state index contributed by atoms with van der Waals surface area (Å²) in [7, 11) is 0. The third kappa shape index (κ3) is 5.48. The van der Waals surface area contributed by atoms with Gasteiger partial charge in [-0.25, -0.2) is 0 Å². The summed E-state index contributed by atoms with van der Waals surface area (Å²) in [5, 5.41) is 21.4. The van der Waals surface area contributed by atoms with E-state index in [0.717, 1.165) is 11.6 Å². The summed E-state index contributed by atoms with van der Waals surface area (Å²) in [4.78, 5) is 23.1. The number of nitro benzene ring substituents is 1. The van der Waals surface area contributed by atoms with Crippen molar-refractivity contribution in [2.45, 2.75) is 6.61 Å². The Bertz CT molecular complexity index is 1230. The lowest BCUT2D eigenvalue weighted by atomic mass is 10.0. The summed E-state index contributed by atoms with van der Waals surface area (Å²) in [5.41, 5.74) is 0.863. The summed E-state index contributed by atoms with van der Waals surface area (Å²) in [6, 6.07) is 19.0. The van der Waals surface area contributed by atoms with Crippen LogP contribution in [0.25, 0.3) is 6.08 Å². The molecule has 0 amide bonds. The Labute approximate surface area is 188 Å². The van der Waals surface area contributed by atoms with Crippen molar-refractivity contribution in [3.05, 3.63) is 109 Å². The Hall–Kier alpha value is -3.66. The molecule has 31 heavy (non-hydrogen) atoms. The molecule has 0 fully saturated rings. The Morgan fingerprint density at radius 3 is 2.58 bits per heavy atom. The van der Waals surface area contributed by atoms with Crippen LogP contribution in [0.5, 0.6) is 5.75 Å². The molecule has 0 saturated carbocycles. The van der Waals surface area contributed by atoms with Crippen LogP contribution in [0.4, 0.5) is 5.69 Å². The number of halogens is 2. The molecule has 0 heterocycles. The highest BCUT2D eigenvalue weighted by molar-refractivity contribution is 6.35. The van der Waals surface area contributed by atoms with Gasteiger partial charge in [-0.05, 0) is 24.3 Å². The van der Waals surface area contributed by atoms with Gasteiger partial charge in [0.15, 0.2) is 0 Å². The van der Waals surface area contributed by atoms with E-state index in [1.54, 1.807) is 42.5 Å². The molecule has 0 unspecified atom stereocenters. The van der Waals surface area contributed by atoms with E-state index in [0.29, 0.717) is 21.4 Å². The first-order valence-electron chi connectivity index (χ1n) is 8.95. The van der Waals surface area contributed by atoms with Crippen LogP contribution in [-0.4, -0.2) is 10.7 Å². The largest absolute Gasteiger partial charge is 0.488 e. The van der Waals surface area contributed by atoms with Crippen LogP contribution >= 0.6 is 23.2 Å². The predicted octanol–water partition coefficient (Wildman–Crippen LogP) is 6.27. The number of para-hydroxylation sites is 1. The molecule has 0 aliphatic rings. The van der Waals surface area contributed by atoms with E-state index in [4.69, 9.17) is 27.9 Å². The van der Waals surface area contributed by atoms with Gasteiger partial charge in [0.25, 0.3) is 5.69 Å². The highest BCUT2D eigenvalue weighted by Crippen LogP contribution is 2.26. The number of hydrogen-bond acceptors (Lipinski definition) is 5. The van der Waals surface area contributed by atoms with Gasteiger partial charge >= 0.3 is 0 Å². The normalized spacial score (nSPS) is 10.9. The topological polar surface area (TPSA) is 93.2 Å². The number of allylic oxidation sites excluding steroid dienone is 1. The maximum absolute atomic E-state index is 12.7. The minimum absolute atomic E-state index is 0.0494. The zero-order valence-electron chi connectivity index (χ0n) is 15.9. The maximum atomic E-state index is 12.7. The van der Waals surface area contributed by atoms with Crippen molar-refractivity contribution in [3.8, 4) is 11.8 Å². The number of ketones is 1. The van der Waals surface area contributed by atoms with Gasteiger partial charge in [0.1, 0.15) is 24.0 Å². The molecule has 0 aromatic heterocycles. The van der Waals surface area contributed by atoms with E-state index in [1.807, 2.05) is 6.07 Å². The molecule has 0 bridgehead atoms. The highest BCUT2D eigenvalue weighted by Gasteiger charge is 2.16. The van der Waals surface area contributed by atoms with Crippen LogP contribution in [0.15, 0.2) is 72.3 Å². The number of carbonyl (C=O) groups is 1. The molecular formula is C23H14Cl2N2O4. The molecule has 154 valence electrons. The van der Waals surface area contributed by atoms with E-state index >= 15 is 0 Å². The second-order valence-corrected chi connectivity index (χ2v) is 7.21. The molecule has 0 spiro atoms. The van der Waals surface area contributed by atoms with Crippen molar-refractivity contribution in [1.82, 2.24) is 0 Å². The van der Waals surface area contributed by atoms with Crippen molar-refractivity contribution in [1.29, 1.82) is 5.26 Å². The molecular weight excluding hydrogens is 439 g/mol. The lowest BCUT2D eigenvalue weighted by molar-refractivity contribution is -0.384. The van der Waals surface area contributed by atoms with E-state index < -0.39 is 10.7 Å². The maximum Gasteiger partial charge on any atom is 0.270 e. The van der Waals surface area contributed by atoms with E-state index in [2.05, 4.69) is 0 Å². The predicted molar refractivity (Wildman–Crippen MR) is 118 cm³/mol. The number of benzene rings is 3. The Kier molecular flexibility index (Phi) is 7.03. The zero-order valence-corrected chi connectivity index (χ0v) is 17.4. The van der Waals surface area contributed by atoms with E-state index in [9.17, 15) is 20.2 Å². The first-order chi connectivity index (χ1) is 14.9. The number of Topliss-reactive ketones (excluding diaryl/α,β-unsaturated/α-hetero) is 1. The third-order valence-electron chi connectivity index (χ3n) is 4.30. The SMILES string of the molecule is N#C/C(=C\c1ccccc1OCc1ccc(Cl)cc1Cl)C(=O)c1cccc([N+](=O)[O-])c1. The van der Waals surface area contributed by atoms with E-state index in [1.165, 1.54) is 24.3 Å². The van der Waals surface area contributed by atoms with Gasteiger partial charge in [-0.3, -0.25) is 14.9 Å². The summed E-state index contributed by atoms with van der Waals surface area (Å²) in [5.74, 6) is -0.185. The molecule has 3 aromatic carbocycles. The molecule has 3 rings (SSSR count). The van der Waals surface area contributed by atoms with Gasteiger partial charge in [0, 0.05) is 38.9 Å². The number of carbonyl (C=O) groups excluding carboxylic acids is 1. The molecule has 0 radical (unpaired) electrons. The number of rotatable bonds is 7. The van der Waals surface area contributed by atoms with Gasteiger partial charge in [0.05, 0.1) is 4.92 Å². The quantitative estimate of drug-likeness (QED) is 0.138. The Balaban J connectivity index is 1.88. The fourth-order valence-electron chi connectivity index (χ4n) is 2.75. The van der Waals surface area contributed by atoms with Gasteiger partial charge < -0.3 is 4.74 Å². The fraction of sp³-hybridized carbons (Fsp3) is 0.0435. The molecule has 0 aliphatic heterocycles. The van der Waals surface area contributed by atoms with Crippen LogP contribution < -0.4 is 4.74 Å². The monoisotopic (exact) mass is 452 g/mol. The number of hydrogen-bond donors (Lipinski definition) is 0. The highest BCUT2D eigenvalue weighted by atomic mass is 35.5. The summed E-state index contributed by atoms with van der Waals surface area (Å²) in [6.07, 6.45) is 1.39. The third-order valence-corrected chi connectivity index (χ3v) is 4.89. The fourth-order valence-corrected chi connectivity index (χ4v) is 3.21. The summed E-state index contributed by atoms with van der Waals surface area (Å²) >= 11 is 12.1. The van der Waals surface area contributed by atoms with Crippen molar-refractivity contribution < 1.29 is 14.5 Å². The second-order valence-electron chi connectivity index (χ2n) is 6.37. The number of non-ortho nitro benzene ring substituents is 1. The van der Waals surface area contributed by atoms with Gasteiger partial charge in [-0.2, -0.15) is 5.26 Å². The van der Waals surface area contributed by atoms with Crippen molar-refractivity contribution >= 4 is 40.7 Å². The molecule has 3 aromatic rings. The molecule has 0 aliphatic carbocycles. The second kappa shape index (κ2) is 9.90. The number of nitro groups is 1. The average Bonchev–Trinajstić information content (AvgIpc) is 2.77. The van der Waals surface area contributed by atoms with Crippen LogP contribution in [0.2, 0.25) is 10.0 Å². The minimum Gasteiger partial charge on any atom is -0.488 e. The Morgan fingerprint density at radius 2 is 1.87 bits per heavy atom. The van der Waals surface area contributed by atoms with E-state index in [-0.39, 0.29) is 23.4 Å². The van der Waals surface area contributed by atoms with Crippen molar-refractivity contribution in [2.75, 3.05) is 0 Å². The standard InChI is InChI=1S/C23H14Cl2N2O4/c24-19-9-8-17(21(25)12-19)14-31-22-7-2-1-4-15(22)10-18(13-26)23(28)16-5-3-6-20(11-16)27(29)30/h1-12H,14H2/b18-10+. The lowest BCUT2D eigenvalue weighted by Gasteiger charge is -2.11. The van der Waals surface area contributed by atoms with Gasteiger partial charge in [0.2, 0.25) is 5.78 Å². The smallest absolute Gasteiger partial charge is 0.270 e. The van der Waals surface area contributed by atoms with Crippen LogP contribution in [-0.2, 0) is 6.61 Å². The van der Waals surface area contributed by atoms with Crippen LogP contribution in [0, 0.1) is 21.4 Å². The minimum atomic E-state index is -0.623. The Morgan fingerprint density at radius 1 is 1.10 bits per heavy atom. The van der Waals surface area contributed by atoms with Gasteiger partial charge in [-0.15, -0.1) is 0 Å². The van der Waals surface area contributed by atoms with Crippen LogP contribution in [0.1, 0.15) is 21.5 Å². The summed E-state index contributed by atoms with van der Waals surface area (Å²) < 4.78 is 5.84. The molecule has 0 atom stereocenters. The van der Waals surface area contributed by atoms with Gasteiger partial charge in [-0.1, -0.05) is 59.6 Å². The first-order valence-corrected chi connectivity index (χ1v) is 9.71. The zero-order chi connectivity index (χ0) is 22.4. The first kappa shape index (κ1) is 22.0. The molecule has 8 heteroatoms.